The van der Waals surface area contributed by atoms with Crippen LogP contribution in [0.25, 0.3) is 16.8 Å². The molecule has 0 bridgehead atoms. The Kier molecular flexibility index (Phi) is 7.15. The fourth-order valence-corrected chi connectivity index (χ4v) is 4.74. The number of benzene rings is 3. The summed E-state index contributed by atoms with van der Waals surface area (Å²) in [7, 11) is 0. The van der Waals surface area contributed by atoms with E-state index in [0.29, 0.717) is 23.0 Å². The molecule has 3 aromatic carbocycles. The number of ether oxygens (including phenoxy) is 2. The lowest BCUT2D eigenvalue weighted by molar-refractivity contribution is -0.146. The predicted molar refractivity (Wildman–Crippen MR) is 144 cm³/mol. The number of halogens is 1. The lowest BCUT2D eigenvalue weighted by Crippen LogP contribution is -2.23. The van der Waals surface area contributed by atoms with Gasteiger partial charge < -0.3 is 9.47 Å². The molecule has 1 saturated carbocycles. The molecule has 4 aromatic rings. The lowest BCUT2D eigenvalue weighted by atomic mass is 9.93. The summed E-state index contributed by atoms with van der Waals surface area (Å²) in [6.45, 7) is 3.97. The van der Waals surface area contributed by atoms with Crippen molar-refractivity contribution in [3.63, 3.8) is 0 Å². The average Bonchev–Trinajstić information content (AvgIpc) is 3.62. The van der Waals surface area contributed by atoms with E-state index in [1.165, 1.54) is 10.9 Å². The van der Waals surface area contributed by atoms with E-state index in [0.717, 1.165) is 35.2 Å². The maximum absolute atomic E-state index is 12.5. The number of carbonyl (C=O) groups excluding carboxylic acids is 2. The van der Waals surface area contributed by atoms with Crippen LogP contribution in [-0.4, -0.2) is 33.7 Å². The minimum Gasteiger partial charge on any atom is -0.465 e. The molecular weight excluding hydrogens is 504 g/mol. The van der Waals surface area contributed by atoms with E-state index in [1.807, 2.05) is 73.7 Å². The third-order valence-electron chi connectivity index (χ3n) is 6.71. The van der Waals surface area contributed by atoms with Crippen LogP contribution in [0, 0.1) is 0 Å². The number of rotatable bonds is 8. The van der Waals surface area contributed by atoms with Gasteiger partial charge in [0.1, 0.15) is 6.10 Å². The van der Waals surface area contributed by atoms with E-state index in [2.05, 4.69) is 15.6 Å². The standard InChI is InChI=1S/C29H27ClN4O4/c1-3-37-27(35)29(16-17-29)22-12-8-20(9-13-22)21-10-14-23(15-11-21)34-26(18-31-33-34)32-28(36)38-19(2)24-6-4-5-7-25(24)30/h4-15,18-19H,3,16-17H2,1-2H3,(H,32,36)/t19-/m1/s1. The molecule has 9 heteroatoms. The number of aromatic nitrogens is 3. The van der Waals surface area contributed by atoms with Crippen molar-refractivity contribution >= 4 is 29.5 Å². The van der Waals surface area contributed by atoms with Crippen molar-refractivity contribution in [2.45, 2.75) is 38.2 Å². The zero-order valence-corrected chi connectivity index (χ0v) is 21.8. The zero-order valence-electron chi connectivity index (χ0n) is 21.1. The van der Waals surface area contributed by atoms with Gasteiger partial charge in [-0.15, -0.1) is 5.10 Å². The van der Waals surface area contributed by atoms with E-state index in [4.69, 9.17) is 21.1 Å². The van der Waals surface area contributed by atoms with Crippen LogP contribution in [0.5, 0.6) is 0 Å². The number of hydrogen-bond donors (Lipinski definition) is 1. The molecule has 1 N–H and O–H groups in total. The first-order valence-corrected chi connectivity index (χ1v) is 12.8. The summed E-state index contributed by atoms with van der Waals surface area (Å²) < 4.78 is 12.3. The van der Waals surface area contributed by atoms with Crippen molar-refractivity contribution in [2.75, 3.05) is 11.9 Å². The summed E-state index contributed by atoms with van der Waals surface area (Å²) in [6.07, 6.45) is 1.91. The molecule has 1 aromatic heterocycles. The minimum atomic E-state index is -0.645. The van der Waals surface area contributed by atoms with Crippen LogP contribution in [-0.2, 0) is 19.7 Å². The quantitative estimate of drug-likeness (QED) is 0.261. The molecule has 8 nitrogen and oxygen atoms in total. The van der Waals surface area contributed by atoms with E-state index >= 15 is 0 Å². The fraction of sp³-hybridized carbons (Fsp3) is 0.241. The van der Waals surface area contributed by atoms with Gasteiger partial charge in [-0.2, -0.15) is 4.68 Å². The summed E-state index contributed by atoms with van der Waals surface area (Å²) in [5.74, 6) is 0.226. The van der Waals surface area contributed by atoms with Crippen LogP contribution in [0.4, 0.5) is 10.6 Å². The highest BCUT2D eigenvalue weighted by atomic mass is 35.5. The molecular formula is C29H27ClN4O4. The van der Waals surface area contributed by atoms with Crippen LogP contribution in [0.2, 0.25) is 5.02 Å². The predicted octanol–water partition coefficient (Wildman–Crippen LogP) is 6.49. The molecule has 0 spiro atoms. The summed E-state index contributed by atoms with van der Waals surface area (Å²) in [6, 6.07) is 23.0. The molecule has 1 amide bonds. The molecule has 1 atom stereocenters. The van der Waals surface area contributed by atoms with Crippen LogP contribution in [0.15, 0.2) is 79.0 Å². The highest BCUT2D eigenvalue weighted by Gasteiger charge is 2.52. The van der Waals surface area contributed by atoms with Gasteiger partial charge in [0.15, 0.2) is 5.82 Å². The Labute approximate surface area is 225 Å². The monoisotopic (exact) mass is 530 g/mol. The van der Waals surface area contributed by atoms with Crippen LogP contribution in [0.3, 0.4) is 0 Å². The molecule has 1 aliphatic carbocycles. The molecule has 5 rings (SSSR count). The van der Waals surface area contributed by atoms with Gasteiger partial charge in [-0.1, -0.05) is 71.4 Å². The zero-order chi connectivity index (χ0) is 26.7. The highest BCUT2D eigenvalue weighted by Crippen LogP contribution is 2.49. The Morgan fingerprint density at radius 2 is 1.68 bits per heavy atom. The average molecular weight is 531 g/mol. The molecule has 0 unspecified atom stereocenters. The first kappa shape index (κ1) is 25.5. The first-order valence-electron chi connectivity index (χ1n) is 12.4. The van der Waals surface area contributed by atoms with E-state index in [9.17, 15) is 9.59 Å². The van der Waals surface area contributed by atoms with Gasteiger partial charge in [0, 0.05) is 10.6 Å². The van der Waals surface area contributed by atoms with Gasteiger partial charge in [0.2, 0.25) is 0 Å². The SMILES string of the molecule is CCOC(=O)C1(c2ccc(-c3ccc(-n4nncc4NC(=O)O[C@H](C)c4ccccc4Cl)cc3)cc2)CC1. The molecule has 38 heavy (non-hydrogen) atoms. The summed E-state index contributed by atoms with van der Waals surface area (Å²) in [4.78, 5) is 24.9. The summed E-state index contributed by atoms with van der Waals surface area (Å²) in [5, 5.41) is 11.3. The Bertz CT molecular complexity index is 1450. The molecule has 0 radical (unpaired) electrons. The third-order valence-corrected chi connectivity index (χ3v) is 7.05. The Morgan fingerprint density at radius 3 is 2.32 bits per heavy atom. The van der Waals surface area contributed by atoms with E-state index in [-0.39, 0.29) is 5.97 Å². The van der Waals surface area contributed by atoms with Crippen LogP contribution < -0.4 is 5.32 Å². The number of amides is 1. The normalized spacial score (nSPS) is 14.4. The Hall–Kier alpha value is -4.17. The molecule has 0 saturated heterocycles. The number of anilines is 1. The topological polar surface area (TPSA) is 95.3 Å². The Morgan fingerprint density at radius 1 is 1.03 bits per heavy atom. The number of hydrogen-bond acceptors (Lipinski definition) is 6. The maximum Gasteiger partial charge on any atom is 0.413 e. The third kappa shape index (κ3) is 5.13. The van der Waals surface area contributed by atoms with Crippen molar-refractivity contribution < 1.29 is 19.1 Å². The smallest absolute Gasteiger partial charge is 0.413 e. The lowest BCUT2D eigenvalue weighted by Gasteiger charge is -2.16. The largest absolute Gasteiger partial charge is 0.465 e. The second-order valence-corrected chi connectivity index (χ2v) is 9.56. The summed E-state index contributed by atoms with van der Waals surface area (Å²) in [5.41, 5.74) is 3.97. The van der Waals surface area contributed by atoms with Gasteiger partial charge in [-0.05, 0) is 61.6 Å². The van der Waals surface area contributed by atoms with Crippen molar-refractivity contribution in [1.82, 2.24) is 15.0 Å². The highest BCUT2D eigenvalue weighted by molar-refractivity contribution is 6.31. The number of carbonyl (C=O) groups is 2. The van der Waals surface area contributed by atoms with Crippen molar-refractivity contribution in [3.8, 4) is 16.8 Å². The second kappa shape index (κ2) is 10.7. The van der Waals surface area contributed by atoms with Gasteiger partial charge in [-0.3, -0.25) is 10.1 Å². The van der Waals surface area contributed by atoms with Crippen molar-refractivity contribution in [2.24, 2.45) is 0 Å². The van der Waals surface area contributed by atoms with E-state index in [1.54, 1.807) is 13.0 Å². The van der Waals surface area contributed by atoms with Gasteiger partial charge in [-0.25, -0.2) is 4.79 Å². The maximum atomic E-state index is 12.5. The second-order valence-electron chi connectivity index (χ2n) is 9.15. The molecule has 1 fully saturated rings. The van der Waals surface area contributed by atoms with Gasteiger partial charge in [0.05, 0.1) is 23.9 Å². The van der Waals surface area contributed by atoms with Gasteiger partial charge >= 0.3 is 12.1 Å². The van der Waals surface area contributed by atoms with Gasteiger partial charge in [0.25, 0.3) is 0 Å². The molecule has 194 valence electrons. The number of nitrogens with one attached hydrogen (secondary N) is 1. The molecule has 1 aliphatic rings. The van der Waals surface area contributed by atoms with Crippen LogP contribution in [0.1, 0.15) is 43.9 Å². The van der Waals surface area contributed by atoms with Crippen molar-refractivity contribution in [3.05, 3.63) is 95.1 Å². The molecule has 1 heterocycles. The fourth-order valence-electron chi connectivity index (χ4n) is 4.46. The Balaban J connectivity index is 1.26. The number of nitrogens with zero attached hydrogens (tertiary/aromatic N) is 3. The molecule has 0 aliphatic heterocycles. The minimum absolute atomic E-state index is 0.142. The van der Waals surface area contributed by atoms with E-state index < -0.39 is 17.6 Å². The summed E-state index contributed by atoms with van der Waals surface area (Å²) >= 11 is 6.21. The first-order chi connectivity index (χ1) is 18.4. The van der Waals surface area contributed by atoms with Crippen molar-refractivity contribution in [1.29, 1.82) is 0 Å². The van der Waals surface area contributed by atoms with Crippen LogP contribution >= 0.6 is 11.6 Å². The number of esters is 1.